The van der Waals surface area contributed by atoms with Crippen LogP contribution in [0.15, 0.2) is 36.0 Å². The van der Waals surface area contributed by atoms with Gasteiger partial charge in [-0.2, -0.15) is 0 Å². The number of aromatic nitrogens is 1. The molecule has 0 amide bonds. The second-order valence-corrected chi connectivity index (χ2v) is 5.74. The van der Waals surface area contributed by atoms with Gasteiger partial charge >= 0.3 is 0 Å². The van der Waals surface area contributed by atoms with Crippen LogP contribution < -0.4 is 5.32 Å². The quantitative estimate of drug-likeness (QED) is 0.750. The van der Waals surface area contributed by atoms with E-state index < -0.39 is 0 Å². The topological polar surface area (TPSA) is 24.9 Å². The Kier molecular flexibility index (Phi) is 6.79. The summed E-state index contributed by atoms with van der Waals surface area (Å²) in [6.07, 6.45) is 14.5. The normalized spacial score (nSPS) is 17.4. The molecule has 2 heteroatoms. The monoisotopic (exact) mass is 272 g/mol. The summed E-state index contributed by atoms with van der Waals surface area (Å²) in [7, 11) is 0. The van der Waals surface area contributed by atoms with Crippen LogP contribution in [0.1, 0.15) is 57.6 Å². The molecule has 1 aliphatic carbocycles. The van der Waals surface area contributed by atoms with Gasteiger partial charge in [-0.3, -0.25) is 4.98 Å². The van der Waals surface area contributed by atoms with Gasteiger partial charge in [-0.15, -0.1) is 0 Å². The molecule has 0 radical (unpaired) electrons. The Morgan fingerprint density at radius 3 is 3.00 bits per heavy atom. The molecular formula is C18H28N2. The van der Waals surface area contributed by atoms with Crippen LogP contribution in [0.2, 0.25) is 0 Å². The van der Waals surface area contributed by atoms with E-state index in [4.69, 9.17) is 0 Å². The van der Waals surface area contributed by atoms with Crippen molar-refractivity contribution in [3.05, 3.63) is 41.7 Å². The molecule has 2 rings (SSSR count). The largest absolute Gasteiger partial charge is 0.310 e. The van der Waals surface area contributed by atoms with Gasteiger partial charge in [0.1, 0.15) is 0 Å². The molecule has 1 unspecified atom stereocenters. The SMILES string of the molecule is CCCNC(CCc1ccccn1)C1=CCCCCC1. The molecule has 1 aromatic heterocycles. The van der Waals surface area contributed by atoms with Gasteiger partial charge in [0.2, 0.25) is 0 Å². The predicted octanol–water partition coefficient (Wildman–Crippen LogP) is 4.27. The fourth-order valence-electron chi connectivity index (χ4n) is 2.93. The summed E-state index contributed by atoms with van der Waals surface area (Å²) in [5.41, 5.74) is 2.86. The lowest BCUT2D eigenvalue weighted by molar-refractivity contribution is 0.513. The van der Waals surface area contributed by atoms with Crippen molar-refractivity contribution in [2.24, 2.45) is 0 Å². The van der Waals surface area contributed by atoms with Crippen LogP contribution in [0.3, 0.4) is 0 Å². The molecule has 2 nitrogen and oxygen atoms in total. The van der Waals surface area contributed by atoms with Gasteiger partial charge in [0.25, 0.3) is 0 Å². The highest BCUT2D eigenvalue weighted by molar-refractivity contribution is 5.13. The highest BCUT2D eigenvalue weighted by Gasteiger charge is 2.15. The smallest absolute Gasteiger partial charge is 0.0404 e. The van der Waals surface area contributed by atoms with Crippen molar-refractivity contribution < 1.29 is 0 Å². The number of nitrogens with one attached hydrogen (secondary N) is 1. The second-order valence-electron chi connectivity index (χ2n) is 5.74. The molecule has 20 heavy (non-hydrogen) atoms. The molecule has 0 saturated heterocycles. The van der Waals surface area contributed by atoms with Crippen molar-refractivity contribution in [1.82, 2.24) is 10.3 Å². The van der Waals surface area contributed by atoms with Crippen molar-refractivity contribution in [1.29, 1.82) is 0 Å². The first-order valence-corrected chi connectivity index (χ1v) is 8.22. The highest BCUT2D eigenvalue weighted by Crippen LogP contribution is 2.22. The van der Waals surface area contributed by atoms with E-state index in [1.165, 1.54) is 50.6 Å². The van der Waals surface area contributed by atoms with Crippen molar-refractivity contribution >= 4 is 0 Å². The van der Waals surface area contributed by atoms with Crippen LogP contribution in [0.25, 0.3) is 0 Å². The number of hydrogen-bond acceptors (Lipinski definition) is 2. The standard InChI is InChI=1S/C18H28N2/c1-2-14-20-18(16-9-5-3-4-6-10-16)13-12-17-11-7-8-15-19-17/h7-9,11,15,18,20H,2-6,10,12-14H2,1H3. The number of aryl methyl sites for hydroxylation is 1. The van der Waals surface area contributed by atoms with E-state index >= 15 is 0 Å². The van der Waals surface area contributed by atoms with E-state index in [9.17, 15) is 0 Å². The molecule has 0 aromatic carbocycles. The molecule has 1 aliphatic rings. The molecule has 110 valence electrons. The van der Waals surface area contributed by atoms with Crippen LogP contribution in [0.4, 0.5) is 0 Å². The van der Waals surface area contributed by atoms with Crippen LogP contribution >= 0.6 is 0 Å². The minimum atomic E-state index is 0.551. The molecule has 1 atom stereocenters. The number of allylic oxidation sites excluding steroid dienone is 1. The van der Waals surface area contributed by atoms with Crippen LogP contribution in [-0.2, 0) is 6.42 Å². The van der Waals surface area contributed by atoms with Gasteiger partial charge in [0, 0.05) is 17.9 Å². The zero-order valence-electron chi connectivity index (χ0n) is 12.8. The Bertz CT molecular complexity index is 397. The lowest BCUT2D eigenvalue weighted by atomic mass is 9.96. The summed E-state index contributed by atoms with van der Waals surface area (Å²) < 4.78 is 0. The fourth-order valence-corrected chi connectivity index (χ4v) is 2.93. The van der Waals surface area contributed by atoms with Crippen molar-refractivity contribution in [2.45, 2.75) is 64.3 Å². The number of pyridine rings is 1. The Balaban J connectivity index is 1.93. The van der Waals surface area contributed by atoms with Crippen molar-refractivity contribution in [2.75, 3.05) is 6.54 Å². The Morgan fingerprint density at radius 1 is 1.25 bits per heavy atom. The highest BCUT2D eigenvalue weighted by atomic mass is 14.9. The molecule has 1 aromatic rings. The third-order valence-electron chi connectivity index (χ3n) is 4.08. The molecule has 0 bridgehead atoms. The van der Waals surface area contributed by atoms with E-state index in [1.54, 1.807) is 5.57 Å². The van der Waals surface area contributed by atoms with Crippen molar-refractivity contribution in [3.63, 3.8) is 0 Å². The molecule has 0 saturated carbocycles. The maximum absolute atomic E-state index is 4.45. The first-order chi connectivity index (χ1) is 9.90. The molecule has 0 fully saturated rings. The van der Waals surface area contributed by atoms with Crippen LogP contribution in [0, 0.1) is 0 Å². The van der Waals surface area contributed by atoms with Gasteiger partial charge in [0.15, 0.2) is 0 Å². The maximum atomic E-state index is 4.45. The molecule has 0 aliphatic heterocycles. The first kappa shape index (κ1) is 15.2. The van der Waals surface area contributed by atoms with E-state index in [2.05, 4.69) is 35.4 Å². The lowest BCUT2D eigenvalue weighted by Crippen LogP contribution is -2.32. The third kappa shape index (κ3) is 5.09. The molecule has 1 heterocycles. The zero-order valence-corrected chi connectivity index (χ0v) is 12.8. The average molecular weight is 272 g/mol. The van der Waals surface area contributed by atoms with Crippen molar-refractivity contribution in [3.8, 4) is 0 Å². The molecule has 0 spiro atoms. The number of hydrogen-bond donors (Lipinski definition) is 1. The van der Waals surface area contributed by atoms with E-state index in [-0.39, 0.29) is 0 Å². The van der Waals surface area contributed by atoms with Crippen LogP contribution in [-0.4, -0.2) is 17.6 Å². The third-order valence-corrected chi connectivity index (χ3v) is 4.08. The Hall–Kier alpha value is -1.15. The van der Waals surface area contributed by atoms with Gasteiger partial charge in [-0.25, -0.2) is 0 Å². The molecular weight excluding hydrogens is 244 g/mol. The Morgan fingerprint density at radius 2 is 2.20 bits per heavy atom. The minimum Gasteiger partial charge on any atom is -0.310 e. The summed E-state index contributed by atoms with van der Waals surface area (Å²) >= 11 is 0. The summed E-state index contributed by atoms with van der Waals surface area (Å²) in [4.78, 5) is 4.45. The summed E-state index contributed by atoms with van der Waals surface area (Å²) in [5, 5.41) is 3.74. The number of nitrogens with zero attached hydrogens (tertiary/aromatic N) is 1. The predicted molar refractivity (Wildman–Crippen MR) is 85.8 cm³/mol. The van der Waals surface area contributed by atoms with E-state index in [1.807, 2.05) is 12.3 Å². The van der Waals surface area contributed by atoms with Crippen LogP contribution in [0.5, 0.6) is 0 Å². The lowest BCUT2D eigenvalue weighted by Gasteiger charge is -2.21. The van der Waals surface area contributed by atoms with Gasteiger partial charge in [0.05, 0.1) is 0 Å². The van der Waals surface area contributed by atoms with Gasteiger partial charge < -0.3 is 5.32 Å². The zero-order chi connectivity index (χ0) is 14.0. The number of rotatable bonds is 7. The van der Waals surface area contributed by atoms with E-state index in [0.29, 0.717) is 6.04 Å². The Labute approximate surface area is 123 Å². The first-order valence-electron chi connectivity index (χ1n) is 8.22. The minimum absolute atomic E-state index is 0.551. The van der Waals surface area contributed by atoms with Gasteiger partial charge in [-0.05, 0) is 63.6 Å². The fraction of sp³-hybridized carbons (Fsp3) is 0.611. The summed E-state index contributed by atoms with van der Waals surface area (Å²) in [6, 6.07) is 6.76. The maximum Gasteiger partial charge on any atom is 0.0404 e. The average Bonchev–Trinajstić information content (AvgIpc) is 2.78. The second kappa shape index (κ2) is 8.91. The summed E-state index contributed by atoms with van der Waals surface area (Å²) in [5.74, 6) is 0. The molecule has 1 N–H and O–H groups in total. The van der Waals surface area contributed by atoms with Gasteiger partial charge in [-0.1, -0.05) is 31.1 Å². The summed E-state index contributed by atoms with van der Waals surface area (Å²) in [6.45, 7) is 3.36. The van der Waals surface area contributed by atoms with E-state index in [0.717, 1.165) is 13.0 Å².